The Labute approximate surface area is 154 Å². The van der Waals surface area contributed by atoms with E-state index in [0.717, 1.165) is 5.56 Å². The van der Waals surface area contributed by atoms with Crippen LogP contribution >= 0.6 is 0 Å². The smallest absolute Gasteiger partial charge is 0.251 e. The first-order valence-corrected chi connectivity index (χ1v) is 8.72. The number of methoxy groups -OCH3 is 1. The van der Waals surface area contributed by atoms with Gasteiger partial charge in [0.1, 0.15) is 11.8 Å². The zero-order chi connectivity index (χ0) is 19.1. The average Bonchev–Trinajstić information content (AvgIpc) is 2.66. The first-order valence-electron chi connectivity index (χ1n) is 8.72. The Morgan fingerprint density at radius 3 is 2.04 bits per heavy atom. The maximum atomic E-state index is 12.7. The molecule has 0 radical (unpaired) electrons. The van der Waals surface area contributed by atoms with E-state index >= 15 is 0 Å². The van der Waals surface area contributed by atoms with Gasteiger partial charge in [0, 0.05) is 5.56 Å². The van der Waals surface area contributed by atoms with Crippen LogP contribution in [-0.2, 0) is 4.79 Å². The van der Waals surface area contributed by atoms with Gasteiger partial charge in [-0.2, -0.15) is 0 Å². The van der Waals surface area contributed by atoms with Crippen LogP contribution in [0.25, 0.3) is 0 Å². The standard InChI is InChI=1S/C21H26N2O3/c1-14(2)19(21(25)22-15(3)16-8-6-5-7-9-16)23-20(24)17-10-12-18(26-4)13-11-17/h5-15,19H,1-4H3,(H,22,25)(H,23,24)/t15-,19-/m0/s1. The molecule has 0 aliphatic heterocycles. The third-order valence-electron chi connectivity index (χ3n) is 4.25. The molecule has 26 heavy (non-hydrogen) atoms. The molecular weight excluding hydrogens is 328 g/mol. The summed E-state index contributed by atoms with van der Waals surface area (Å²) in [6.45, 7) is 5.74. The molecule has 2 atom stereocenters. The summed E-state index contributed by atoms with van der Waals surface area (Å²) in [5, 5.41) is 5.81. The van der Waals surface area contributed by atoms with Crippen molar-refractivity contribution in [1.82, 2.24) is 10.6 Å². The Morgan fingerprint density at radius 1 is 0.885 bits per heavy atom. The molecule has 0 spiro atoms. The number of amides is 2. The second-order valence-electron chi connectivity index (χ2n) is 6.56. The van der Waals surface area contributed by atoms with E-state index in [4.69, 9.17) is 4.74 Å². The molecule has 2 rings (SSSR count). The molecule has 0 heterocycles. The summed E-state index contributed by atoms with van der Waals surface area (Å²) in [5.41, 5.74) is 1.50. The molecule has 5 heteroatoms. The lowest BCUT2D eigenvalue weighted by Crippen LogP contribution is -2.50. The van der Waals surface area contributed by atoms with Crippen LogP contribution in [0.1, 0.15) is 42.7 Å². The van der Waals surface area contributed by atoms with Crippen LogP contribution in [0.5, 0.6) is 5.75 Å². The number of hydrogen-bond donors (Lipinski definition) is 2. The van der Waals surface area contributed by atoms with E-state index in [1.54, 1.807) is 31.4 Å². The van der Waals surface area contributed by atoms with Crippen molar-refractivity contribution < 1.29 is 14.3 Å². The molecule has 2 N–H and O–H groups in total. The fourth-order valence-corrected chi connectivity index (χ4v) is 2.63. The minimum atomic E-state index is -0.615. The van der Waals surface area contributed by atoms with Gasteiger partial charge in [0.2, 0.25) is 5.91 Å². The summed E-state index contributed by atoms with van der Waals surface area (Å²) in [4.78, 5) is 25.2. The summed E-state index contributed by atoms with van der Waals surface area (Å²) in [6.07, 6.45) is 0. The highest BCUT2D eigenvalue weighted by Crippen LogP contribution is 2.14. The third kappa shape index (κ3) is 5.09. The van der Waals surface area contributed by atoms with Gasteiger partial charge in [-0.15, -0.1) is 0 Å². The molecule has 2 amide bonds. The van der Waals surface area contributed by atoms with Crippen molar-refractivity contribution in [3.8, 4) is 5.75 Å². The lowest BCUT2D eigenvalue weighted by molar-refractivity contribution is -0.124. The van der Waals surface area contributed by atoms with Crippen LogP contribution in [0.2, 0.25) is 0 Å². The van der Waals surface area contributed by atoms with Gasteiger partial charge in [-0.1, -0.05) is 44.2 Å². The molecule has 2 aromatic carbocycles. The SMILES string of the molecule is COc1ccc(C(=O)N[C@H](C(=O)N[C@@H](C)c2ccccc2)C(C)C)cc1. The number of nitrogens with one attached hydrogen (secondary N) is 2. The Morgan fingerprint density at radius 2 is 1.50 bits per heavy atom. The predicted octanol–water partition coefficient (Wildman–Crippen LogP) is 3.33. The Kier molecular flexibility index (Phi) is 6.78. The van der Waals surface area contributed by atoms with Crippen LogP contribution in [0.3, 0.4) is 0 Å². The van der Waals surface area contributed by atoms with Crippen molar-refractivity contribution in [2.75, 3.05) is 7.11 Å². The maximum absolute atomic E-state index is 12.7. The molecule has 0 fully saturated rings. The summed E-state index contributed by atoms with van der Waals surface area (Å²) >= 11 is 0. The molecule has 0 bridgehead atoms. The molecule has 0 aliphatic rings. The predicted molar refractivity (Wildman–Crippen MR) is 102 cm³/mol. The summed E-state index contributed by atoms with van der Waals surface area (Å²) in [5.74, 6) is 0.156. The second-order valence-corrected chi connectivity index (χ2v) is 6.56. The third-order valence-corrected chi connectivity index (χ3v) is 4.25. The van der Waals surface area contributed by atoms with E-state index in [-0.39, 0.29) is 23.8 Å². The largest absolute Gasteiger partial charge is 0.497 e. The van der Waals surface area contributed by atoms with E-state index in [1.807, 2.05) is 51.1 Å². The number of carbonyl (C=O) groups excluding carboxylic acids is 2. The molecule has 0 aliphatic carbocycles. The second kappa shape index (κ2) is 9.04. The first-order chi connectivity index (χ1) is 12.4. The summed E-state index contributed by atoms with van der Waals surface area (Å²) < 4.78 is 5.10. The van der Waals surface area contributed by atoms with Gasteiger partial charge < -0.3 is 15.4 Å². The fraction of sp³-hybridized carbons (Fsp3) is 0.333. The van der Waals surface area contributed by atoms with Gasteiger partial charge in [-0.25, -0.2) is 0 Å². The van der Waals surface area contributed by atoms with Crippen molar-refractivity contribution in [2.45, 2.75) is 32.9 Å². The quantitative estimate of drug-likeness (QED) is 0.801. The molecule has 0 saturated heterocycles. The van der Waals surface area contributed by atoms with E-state index in [2.05, 4.69) is 10.6 Å². The Balaban J connectivity index is 2.04. The van der Waals surface area contributed by atoms with E-state index < -0.39 is 6.04 Å². The molecule has 5 nitrogen and oxygen atoms in total. The number of rotatable bonds is 7. The van der Waals surface area contributed by atoms with Crippen LogP contribution in [0, 0.1) is 5.92 Å². The van der Waals surface area contributed by atoms with Crippen molar-refractivity contribution >= 4 is 11.8 Å². The highest BCUT2D eigenvalue weighted by Gasteiger charge is 2.26. The number of hydrogen-bond acceptors (Lipinski definition) is 3. The molecule has 0 aromatic heterocycles. The number of ether oxygens (including phenoxy) is 1. The lowest BCUT2D eigenvalue weighted by atomic mass is 10.0. The molecule has 2 aromatic rings. The zero-order valence-corrected chi connectivity index (χ0v) is 15.7. The fourth-order valence-electron chi connectivity index (χ4n) is 2.63. The van der Waals surface area contributed by atoms with E-state index in [0.29, 0.717) is 11.3 Å². The van der Waals surface area contributed by atoms with Crippen molar-refractivity contribution in [3.63, 3.8) is 0 Å². The molecule has 0 unspecified atom stereocenters. The average molecular weight is 354 g/mol. The van der Waals surface area contributed by atoms with Gasteiger partial charge >= 0.3 is 0 Å². The minimum absolute atomic E-state index is 0.0415. The normalized spacial score (nSPS) is 13.0. The lowest BCUT2D eigenvalue weighted by Gasteiger charge is -2.24. The monoisotopic (exact) mass is 354 g/mol. The molecule has 0 saturated carbocycles. The maximum Gasteiger partial charge on any atom is 0.251 e. The van der Waals surface area contributed by atoms with Crippen molar-refractivity contribution in [1.29, 1.82) is 0 Å². The van der Waals surface area contributed by atoms with E-state index in [1.165, 1.54) is 0 Å². The highest BCUT2D eigenvalue weighted by molar-refractivity contribution is 5.97. The topological polar surface area (TPSA) is 67.4 Å². The van der Waals surface area contributed by atoms with Gasteiger partial charge in [0.15, 0.2) is 0 Å². The Bertz CT molecular complexity index is 727. The van der Waals surface area contributed by atoms with Gasteiger partial charge in [-0.3, -0.25) is 9.59 Å². The van der Waals surface area contributed by atoms with Gasteiger partial charge in [-0.05, 0) is 42.7 Å². The van der Waals surface area contributed by atoms with Crippen LogP contribution in [0.15, 0.2) is 54.6 Å². The molecular formula is C21H26N2O3. The Hall–Kier alpha value is -2.82. The first kappa shape index (κ1) is 19.5. The van der Waals surface area contributed by atoms with Crippen molar-refractivity contribution in [2.24, 2.45) is 5.92 Å². The van der Waals surface area contributed by atoms with Crippen LogP contribution in [-0.4, -0.2) is 25.0 Å². The van der Waals surface area contributed by atoms with Gasteiger partial charge in [0.25, 0.3) is 5.91 Å². The van der Waals surface area contributed by atoms with Crippen molar-refractivity contribution in [3.05, 3.63) is 65.7 Å². The van der Waals surface area contributed by atoms with Gasteiger partial charge in [0.05, 0.1) is 13.2 Å². The highest BCUT2D eigenvalue weighted by atomic mass is 16.5. The summed E-state index contributed by atoms with van der Waals surface area (Å²) in [7, 11) is 1.57. The van der Waals surface area contributed by atoms with Crippen LogP contribution in [0.4, 0.5) is 0 Å². The molecule has 138 valence electrons. The summed E-state index contributed by atoms with van der Waals surface area (Å²) in [6, 6.07) is 15.8. The minimum Gasteiger partial charge on any atom is -0.497 e. The number of carbonyl (C=O) groups is 2. The zero-order valence-electron chi connectivity index (χ0n) is 15.7. The number of benzene rings is 2. The van der Waals surface area contributed by atoms with Crippen LogP contribution < -0.4 is 15.4 Å². The van der Waals surface area contributed by atoms with E-state index in [9.17, 15) is 9.59 Å².